The summed E-state index contributed by atoms with van der Waals surface area (Å²) in [5.41, 5.74) is 0.344. The molecule has 2 unspecified atom stereocenters. The van der Waals surface area contributed by atoms with E-state index in [-0.39, 0.29) is 6.54 Å². The molecule has 25 heavy (non-hydrogen) atoms. The Bertz CT molecular complexity index is 617. The first-order valence-corrected chi connectivity index (χ1v) is 8.82. The van der Waals surface area contributed by atoms with Gasteiger partial charge in [-0.1, -0.05) is 17.7 Å². The Hall–Kier alpha value is -1.31. The summed E-state index contributed by atoms with van der Waals surface area (Å²) in [6.07, 6.45) is 1.47. The number of nitrogens with zero attached hydrogens (tertiary/aromatic N) is 1. The largest absolute Gasteiger partial charge is 0.353 e. The molecule has 1 aromatic rings. The molecule has 0 radical (unpaired) electrons. The fourth-order valence-electron chi connectivity index (χ4n) is 3.52. The highest BCUT2D eigenvalue weighted by Crippen LogP contribution is 2.32. The maximum Gasteiger partial charge on any atom is 0.262 e. The van der Waals surface area contributed by atoms with Crippen LogP contribution in [-0.4, -0.2) is 49.0 Å². The first-order valence-electron chi connectivity index (χ1n) is 8.44. The molecule has 8 heteroatoms. The van der Waals surface area contributed by atoms with Gasteiger partial charge in [-0.25, -0.2) is 13.2 Å². The molecule has 2 N–H and O–H groups in total. The van der Waals surface area contributed by atoms with Gasteiger partial charge in [0.2, 0.25) is 5.91 Å². The molecule has 2 aliphatic heterocycles. The summed E-state index contributed by atoms with van der Waals surface area (Å²) < 4.78 is 40.9. The van der Waals surface area contributed by atoms with Crippen LogP contribution in [0, 0.1) is 5.82 Å². The summed E-state index contributed by atoms with van der Waals surface area (Å²) in [4.78, 5) is 14.3. The normalized spacial score (nSPS) is 24.4. The van der Waals surface area contributed by atoms with Crippen LogP contribution in [0.1, 0.15) is 30.9 Å². The van der Waals surface area contributed by atoms with Crippen LogP contribution in [0.2, 0.25) is 5.02 Å². The van der Waals surface area contributed by atoms with Crippen LogP contribution in [0.4, 0.5) is 13.2 Å². The Morgan fingerprint density at radius 1 is 1.40 bits per heavy atom. The van der Waals surface area contributed by atoms with Crippen molar-refractivity contribution in [2.45, 2.75) is 37.3 Å². The van der Waals surface area contributed by atoms with Crippen LogP contribution in [0.15, 0.2) is 18.2 Å². The van der Waals surface area contributed by atoms with Gasteiger partial charge < -0.3 is 5.32 Å². The fraction of sp³-hybridized carbons (Fsp3) is 0.588. The summed E-state index contributed by atoms with van der Waals surface area (Å²) in [5, 5.41) is 5.52. The molecule has 2 aliphatic rings. The second kappa shape index (κ2) is 7.51. The van der Waals surface area contributed by atoms with Crippen LogP contribution in [0.3, 0.4) is 0 Å². The van der Waals surface area contributed by atoms with Crippen LogP contribution in [-0.2, 0) is 4.79 Å². The highest BCUT2D eigenvalue weighted by Gasteiger charge is 2.42. The molecule has 138 valence electrons. The predicted octanol–water partition coefficient (Wildman–Crippen LogP) is 2.73. The summed E-state index contributed by atoms with van der Waals surface area (Å²) in [6.45, 7) is 1.19. The first kappa shape index (κ1) is 18.5. The Morgan fingerprint density at radius 3 is 2.72 bits per heavy atom. The van der Waals surface area contributed by atoms with Crippen LogP contribution >= 0.6 is 11.6 Å². The standard InChI is InChI=1S/C17H21ClF3N3O/c18-11-4-3-5-12(19)15(11)14(24-6-1-2-7-24)9-22-16(25)13-8-17(20,21)10-23-13/h3-5,13-14,23H,1-2,6-10H2,(H,22,25). The topological polar surface area (TPSA) is 44.4 Å². The Labute approximate surface area is 149 Å². The van der Waals surface area contributed by atoms with Crippen molar-refractivity contribution in [3.63, 3.8) is 0 Å². The number of hydrogen-bond acceptors (Lipinski definition) is 3. The molecule has 2 atom stereocenters. The number of amides is 1. The third-order valence-corrected chi connectivity index (χ3v) is 5.14. The lowest BCUT2D eigenvalue weighted by Crippen LogP contribution is -2.44. The van der Waals surface area contributed by atoms with Crippen molar-refractivity contribution < 1.29 is 18.0 Å². The van der Waals surface area contributed by atoms with Crippen molar-refractivity contribution >= 4 is 17.5 Å². The summed E-state index contributed by atoms with van der Waals surface area (Å²) in [7, 11) is 0. The third-order valence-electron chi connectivity index (χ3n) is 4.81. The zero-order chi connectivity index (χ0) is 18.0. The van der Waals surface area contributed by atoms with Crippen molar-refractivity contribution in [1.29, 1.82) is 0 Å². The smallest absolute Gasteiger partial charge is 0.262 e. The van der Waals surface area contributed by atoms with Gasteiger partial charge in [-0.3, -0.25) is 15.0 Å². The average Bonchev–Trinajstić information content (AvgIpc) is 3.19. The molecule has 2 fully saturated rings. The number of hydrogen-bond donors (Lipinski definition) is 2. The lowest BCUT2D eigenvalue weighted by atomic mass is 10.0. The van der Waals surface area contributed by atoms with Gasteiger partial charge in [-0.05, 0) is 38.1 Å². The zero-order valence-corrected chi connectivity index (χ0v) is 14.5. The molecule has 0 aromatic heterocycles. The quantitative estimate of drug-likeness (QED) is 0.831. The van der Waals surface area contributed by atoms with E-state index in [0.717, 1.165) is 25.9 Å². The van der Waals surface area contributed by atoms with Gasteiger partial charge in [0.1, 0.15) is 5.82 Å². The van der Waals surface area contributed by atoms with Gasteiger partial charge in [0, 0.05) is 23.6 Å². The summed E-state index contributed by atoms with van der Waals surface area (Å²) in [6, 6.07) is 3.15. The molecule has 4 nitrogen and oxygen atoms in total. The van der Waals surface area contributed by atoms with Crippen LogP contribution < -0.4 is 10.6 Å². The first-order chi connectivity index (χ1) is 11.9. The van der Waals surface area contributed by atoms with E-state index in [2.05, 4.69) is 15.5 Å². The molecule has 2 saturated heterocycles. The maximum atomic E-state index is 14.3. The van der Waals surface area contributed by atoms with Gasteiger partial charge in [-0.15, -0.1) is 0 Å². The lowest BCUT2D eigenvalue weighted by Gasteiger charge is -2.29. The van der Waals surface area contributed by atoms with E-state index in [1.807, 2.05) is 0 Å². The number of likely N-dealkylation sites (tertiary alicyclic amines) is 1. The van der Waals surface area contributed by atoms with Gasteiger partial charge in [0.25, 0.3) is 5.92 Å². The second-order valence-electron chi connectivity index (χ2n) is 6.63. The molecule has 3 rings (SSSR count). The van der Waals surface area contributed by atoms with E-state index in [1.165, 1.54) is 12.1 Å². The fourth-order valence-corrected chi connectivity index (χ4v) is 3.81. The number of carbonyl (C=O) groups is 1. The van der Waals surface area contributed by atoms with E-state index >= 15 is 0 Å². The molecule has 1 amide bonds. The van der Waals surface area contributed by atoms with Crippen LogP contribution in [0.5, 0.6) is 0 Å². The molecule has 1 aromatic carbocycles. The Balaban J connectivity index is 1.72. The maximum absolute atomic E-state index is 14.3. The number of rotatable bonds is 5. The highest BCUT2D eigenvalue weighted by molar-refractivity contribution is 6.31. The van der Waals surface area contributed by atoms with Gasteiger partial charge in [0.15, 0.2) is 0 Å². The molecule has 0 aliphatic carbocycles. The van der Waals surface area contributed by atoms with E-state index in [9.17, 15) is 18.0 Å². The zero-order valence-electron chi connectivity index (χ0n) is 13.7. The predicted molar refractivity (Wildman–Crippen MR) is 89.3 cm³/mol. The van der Waals surface area contributed by atoms with Crippen molar-refractivity contribution in [3.8, 4) is 0 Å². The Morgan fingerprint density at radius 2 is 2.12 bits per heavy atom. The molecule has 0 saturated carbocycles. The van der Waals surface area contributed by atoms with E-state index < -0.39 is 42.7 Å². The molecular formula is C17H21ClF3N3O. The number of nitrogens with one attached hydrogen (secondary N) is 2. The third kappa shape index (κ3) is 4.27. The molecule has 2 heterocycles. The number of halogens is 4. The van der Waals surface area contributed by atoms with Gasteiger partial charge >= 0.3 is 0 Å². The number of alkyl halides is 2. The molecule has 0 spiro atoms. The molecule has 0 bridgehead atoms. The number of carbonyl (C=O) groups excluding carboxylic acids is 1. The Kier molecular flexibility index (Phi) is 5.55. The summed E-state index contributed by atoms with van der Waals surface area (Å²) in [5.74, 6) is -3.79. The molecular weight excluding hydrogens is 355 g/mol. The van der Waals surface area contributed by atoms with Crippen LogP contribution in [0.25, 0.3) is 0 Å². The minimum atomic E-state index is -2.87. The van der Waals surface area contributed by atoms with Crippen molar-refractivity contribution in [1.82, 2.24) is 15.5 Å². The lowest BCUT2D eigenvalue weighted by molar-refractivity contribution is -0.123. The van der Waals surface area contributed by atoms with E-state index in [1.54, 1.807) is 6.07 Å². The van der Waals surface area contributed by atoms with Crippen molar-refractivity contribution in [2.24, 2.45) is 0 Å². The van der Waals surface area contributed by atoms with Gasteiger partial charge in [-0.2, -0.15) is 0 Å². The minimum Gasteiger partial charge on any atom is -0.353 e. The van der Waals surface area contributed by atoms with Crippen molar-refractivity contribution in [2.75, 3.05) is 26.2 Å². The number of benzene rings is 1. The van der Waals surface area contributed by atoms with Gasteiger partial charge in [0.05, 0.1) is 18.6 Å². The highest BCUT2D eigenvalue weighted by atomic mass is 35.5. The SMILES string of the molecule is O=C(NCC(c1c(F)cccc1Cl)N1CCCC1)C1CC(F)(F)CN1. The summed E-state index contributed by atoms with van der Waals surface area (Å²) >= 11 is 6.19. The monoisotopic (exact) mass is 375 g/mol. The van der Waals surface area contributed by atoms with E-state index in [4.69, 9.17) is 11.6 Å². The average molecular weight is 376 g/mol. The second-order valence-corrected chi connectivity index (χ2v) is 7.04. The minimum absolute atomic E-state index is 0.128. The van der Waals surface area contributed by atoms with E-state index in [0.29, 0.717) is 10.6 Å². The van der Waals surface area contributed by atoms with Crippen molar-refractivity contribution in [3.05, 3.63) is 34.6 Å².